The maximum Gasteiger partial charge on any atom is 0.224 e. The first kappa shape index (κ1) is 19.0. The third-order valence-electron chi connectivity index (χ3n) is 5.16. The van der Waals surface area contributed by atoms with Crippen LogP contribution in [-0.2, 0) is 11.2 Å². The van der Waals surface area contributed by atoms with Gasteiger partial charge in [0.05, 0.1) is 5.92 Å². The van der Waals surface area contributed by atoms with Crippen LogP contribution in [0.1, 0.15) is 18.4 Å². The highest BCUT2D eigenvalue weighted by Gasteiger charge is 2.26. The van der Waals surface area contributed by atoms with Gasteiger partial charge in [0.25, 0.3) is 0 Å². The molecule has 0 unspecified atom stereocenters. The number of H-pyrrole nitrogens is 1. The fraction of sp³-hybridized carbons (Fsp3) is 0.350. The van der Waals surface area contributed by atoms with Gasteiger partial charge in [-0.2, -0.15) is 0 Å². The molecule has 3 aromatic rings. The van der Waals surface area contributed by atoms with E-state index in [0.29, 0.717) is 23.3 Å². The minimum atomic E-state index is -0.0522. The first-order valence-electron chi connectivity index (χ1n) is 9.37. The summed E-state index contributed by atoms with van der Waals surface area (Å²) in [6, 6.07) is 9.36. The number of nitrogens with zero attached hydrogens (tertiary/aromatic N) is 3. The third kappa shape index (κ3) is 4.23. The van der Waals surface area contributed by atoms with Gasteiger partial charge in [0.15, 0.2) is 11.0 Å². The molecule has 146 valence electrons. The van der Waals surface area contributed by atoms with Gasteiger partial charge in [-0.25, -0.2) is 0 Å². The van der Waals surface area contributed by atoms with Crippen LogP contribution in [0.15, 0.2) is 36.5 Å². The standard InChI is InChI=1S/C20H21Cl2N5O/c21-15-3-4-17-16(10-15)13(11-24-17)7-8-23-20(28)14-2-1-9-27(12-14)19-6-5-18(22)25-26-19/h3-6,10-11,14,24H,1-2,7-9,12H2,(H,23,28)/t14-/m1/s1. The Balaban J connectivity index is 1.33. The van der Waals surface area contributed by atoms with Crippen LogP contribution in [0.2, 0.25) is 10.2 Å². The lowest BCUT2D eigenvalue weighted by Crippen LogP contribution is -2.43. The summed E-state index contributed by atoms with van der Waals surface area (Å²) < 4.78 is 0. The van der Waals surface area contributed by atoms with Gasteiger partial charge < -0.3 is 15.2 Å². The second-order valence-corrected chi connectivity index (χ2v) is 7.87. The van der Waals surface area contributed by atoms with Crippen molar-refractivity contribution in [3.8, 4) is 0 Å². The topological polar surface area (TPSA) is 73.9 Å². The van der Waals surface area contributed by atoms with Crippen molar-refractivity contribution >= 4 is 45.8 Å². The Bertz CT molecular complexity index is 972. The highest BCUT2D eigenvalue weighted by Crippen LogP contribution is 2.24. The zero-order valence-electron chi connectivity index (χ0n) is 15.3. The lowest BCUT2D eigenvalue weighted by molar-refractivity contribution is -0.125. The van der Waals surface area contributed by atoms with E-state index in [1.54, 1.807) is 6.07 Å². The summed E-state index contributed by atoms with van der Waals surface area (Å²) in [6.45, 7) is 2.11. The van der Waals surface area contributed by atoms with Crippen LogP contribution in [0.3, 0.4) is 0 Å². The number of hydrogen-bond acceptors (Lipinski definition) is 4. The lowest BCUT2D eigenvalue weighted by Gasteiger charge is -2.32. The van der Waals surface area contributed by atoms with E-state index >= 15 is 0 Å². The molecule has 1 fully saturated rings. The maximum atomic E-state index is 12.7. The Hall–Kier alpha value is -2.31. The van der Waals surface area contributed by atoms with Crippen molar-refractivity contribution in [2.45, 2.75) is 19.3 Å². The number of hydrogen-bond donors (Lipinski definition) is 2. The van der Waals surface area contributed by atoms with Gasteiger partial charge in [-0.05, 0) is 55.2 Å². The van der Waals surface area contributed by atoms with Gasteiger partial charge in [0.2, 0.25) is 5.91 Å². The number of halogens is 2. The number of fused-ring (bicyclic) bond motifs is 1. The fourth-order valence-corrected chi connectivity index (χ4v) is 3.97. The average molecular weight is 418 g/mol. The van der Waals surface area contributed by atoms with Gasteiger partial charge in [-0.15, -0.1) is 10.2 Å². The van der Waals surface area contributed by atoms with E-state index in [-0.39, 0.29) is 11.8 Å². The van der Waals surface area contributed by atoms with Crippen molar-refractivity contribution in [2.24, 2.45) is 5.92 Å². The summed E-state index contributed by atoms with van der Waals surface area (Å²) in [7, 11) is 0. The van der Waals surface area contributed by atoms with Crippen molar-refractivity contribution in [1.29, 1.82) is 0 Å². The molecule has 1 amide bonds. The summed E-state index contributed by atoms with van der Waals surface area (Å²) >= 11 is 11.9. The molecule has 3 heterocycles. The molecule has 0 spiro atoms. The molecule has 2 N–H and O–H groups in total. The molecule has 2 aromatic heterocycles. The summed E-state index contributed by atoms with van der Waals surface area (Å²) in [5.41, 5.74) is 2.21. The molecule has 1 atom stereocenters. The highest BCUT2D eigenvalue weighted by molar-refractivity contribution is 6.31. The van der Waals surface area contributed by atoms with Crippen LogP contribution < -0.4 is 10.2 Å². The minimum Gasteiger partial charge on any atom is -0.361 e. The maximum absolute atomic E-state index is 12.7. The number of benzene rings is 1. The summed E-state index contributed by atoms with van der Waals surface area (Å²) in [4.78, 5) is 18.0. The predicted molar refractivity (Wildman–Crippen MR) is 112 cm³/mol. The van der Waals surface area contributed by atoms with Crippen LogP contribution in [0, 0.1) is 5.92 Å². The van der Waals surface area contributed by atoms with Crippen molar-refractivity contribution in [3.05, 3.63) is 52.3 Å². The number of carbonyl (C=O) groups excluding carboxylic acids is 1. The van der Waals surface area contributed by atoms with Crippen LogP contribution in [0.25, 0.3) is 10.9 Å². The highest BCUT2D eigenvalue weighted by atomic mass is 35.5. The smallest absolute Gasteiger partial charge is 0.224 e. The Morgan fingerprint density at radius 2 is 2.14 bits per heavy atom. The van der Waals surface area contributed by atoms with Gasteiger partial charge in [0.1, 0.15) is 0 Å². The average Bonchev–Trinajstić information content (AvgIpc) is 3.10. The Labute approximate surface area is 173 Å². The van der Waals surface area contributed by atoms with E-state index in [1.807, 2.05) is 30.5 Å². The summed E-state index contributed by atoms with van der Waals surface area (Å²) in [5.74, 6) is 0.797. The van der Waals surface area contributed by atoms with Gasteiger partial charge in [-0.3, -0.25) is 4.79 Å². The number of carbonyl (C=O) groups is 1. The van der Waals surface area contributed by atoms with Crippen LogP contribution in [0.5, 0.6) is 0 Å². The summed E-state index contributed by atoms with van der Waals surface area (Å²) in [5, 5.41) is 13.3. The van der Waals surface area contributed by atoms with Crippen molar-refractivity contribution in [2.75, 3.05) is 24.5 Å². The molecule has 1 aliphatic heterocycles. The largest absolute Gasteiger partial charge is 0.361 e. The van der Waals surface area contributed by atoms with E-state index in [9.17, 15) is 4.79 Å². The van der Waals surface area contributed by atoms with Crippen molar-refractivity contribution < 1.29 is 4.79 Å². The number of amides is 1. The van der Waals surface area contributed by atoms with Crippen molar-refractivity contribution in [3.63, 3.8) is 0 Å². The first-order valence-corrected chi connectivity index (χ1v) is 10.1. The van der Waals surface area contributed by atoms with Gasteiger partial charge >= 0.3 is 0 Å². The van der Waals surface area contributed by atoms with E-state index < -0.39 is 0 Å². The second-order valence-electron chi connectivity index (χ2n) is 7.04. The number of piperidine rings is 1. The number of nitrogens with one attached hydrogen (secondary N) is 2. The van der Waals surface area contributed by atoms with Crippen LogP contribution in [0.4, 0.5) is 5.82 Å². The third-order valence-corrected chi connectivity index (χ3v) is 5.59. The normalized spacial score (nSPS) is 17.1. The first-order chi connectivity index (χ1) is 13.6. The Morgan fingerprint density at radius 3 is 2.96 bits per heavy atom. The molecule has 0 bridgehead atoms. The van der Waals surface area contributed by atoms with Crippen molar-refractivity contribution in [1.82, 2.24) is 20.5 Å². The lowest BCUT2D eigenvalue weighted by atomic mass is 9.97. The van der Waals surface area contributed by atoms with Gasteiger partial charge in [-0.1, -0.05) is 23.2 Å². The molecule has 1 aromatic carbocycles. The quantitative estimate of drug-likeness (QED) is 0.661. The molecule has 0 aliphatic carbocycles. The van der Waals surface area contributed by atoms with E-state index in [1.165, 1.54) is 0 Å². The molecule has 4 rings (SSSR count). The summed E-state index contributed by atoms with van der Waals surface area (Å²) in [6.07, 6.45) is 4.56. The van der Waals surface area contributed by atoms with Crippen LogP contribution in [-0.4, -0.2) is 40.7 Å². The molecule has 0 radical (unpaired) electrons. The molecule has 1 saturated heterocycles. The second kappa shape index (κ2) is 8.37. The fourth-order valence-electron chi connectivity index (χ4n) is 3.70. The molecule has 0 saturated carbocycles. The van der Waals surface area contributed by atoms with Crippen LogP contribution >= 0.6 is 23.2 Å². The SMILES string of the molecule is O=C(NCCc1c[nH]c2ccc(Cl)cc12)[C@@H]1CCCN(c2ccc(Cl)nn2)C1. The molecular formula is C20H21Cl2N5O. The van der Waals surface area contributed by atoms with E-state index in [4.69, 9.17) is 23.2 Å². The minimum absolute atomic E-state index is 0.0522. The van der Waals surface area contributed by atoms with E-state index in [2.05, 4.69) is 25.4 Å². The zero-order chi connectivity index (χ0) is 19.5. The zero-order valence-corrected chi connectivity index (χ0v) is 16.8. The Morgan fingerprint density at radius 1 is 1.25 bits per heavy atom. The molecular weight excluding hydrogens is 397 g/mol. The number of aromatic nitrogens is 3. The number of aromatic amines is 1. The number of rotatable bonds is 5. The predicted octanol–water partition coefficient (Wildman–Crippen LogP) is 3.84. The number of anilines is 1. The van der Waals surface area contributed by atoms with E-state index in [0.717, 1.165) is 48.1 Å². The monoisotopic (exact) mass is 417 g/mol. The Kier molecular flexibility index (Phi) is 5.69. The molecule has 1 aliphatic rings. The molecule has 8 heteroatoms. The molecule has 6 nitrogen and oxygen atoms in total. The molecule has 28 heavy (non-hydrogen) atoms. The van der Waals surface area contributed by atoms with Gasteiger partial charge in [0, 0.05) is 41.8 Å².